The summed E-state index contributed by atoms with van der Waals surface area (Å²) in [5, 5.41) is 15.1. The smallest absolute Gasteiger partial charge is 0.0929 e. The molecular formula is C17H29N3O3. The molecule has 0 aromatic carbocycles. The van der Waals surface area contributed by atoms with Crippen LogP contribution in [-0.2, 0) is 23.1 Å². The Hall–Kier alpha value is -0.950. The van der Waals surface area contributed by atoms with Crippen LogP contribution in [0.25, 0.3) is 0 Å². The first-order valence-corrected chi connectivity index (χ1v) is 8.51. The van der Waals surface area contributed by atoms with Gasteiger partial charge in [0.2, 0.25) is 0 Å². The van der Waals surface area contributed by atoms with Crippen LogP contribution in [0.2, 0.25) is 0 Å². The molecule has 130 valence electrons. The second kappa shape index (κ2) is 6.51. The number of aryl methyl sites for hydroxylation is 2. The van der Waals surface area contributed by atoms with Gasteiger partial charge in [0.15, 0.2) is 0 Å². The number of ether oxygens (including phenoxy) is 2. The second-order valence-corrected chi connectivity index (χ2v) is 7.29. The van der Waals surface area contributed by atoms with Crippen molar-refractivity contribution in [2.75, 3.05) is 33.4 Å². The van der Waals surface area contributed by atoms with Crippen LogP contribution in [-0.4, -0.2) is 64.4 Å². The van der Waals surface area contributed by atoms with Gasteiger partial charge in [0.25, 0.3) is 0 Å². The number of nitrogens with zero attached hydrogens (tertiary/aromatic N) is 3. The van der Waals surface area contributed by atoms with Gasteiger partial charge < -0.3 is 14.6 Å². The Balaban J connectivity index is 1.58. The van der Waals surface area contributed by atoms with Crippen molar-refractivity contribution in [3.05, 3.63) is 17.5 Å². The van der Waals surface area contributed by atoms with E-state index in [-0.39, 0.29) is 5.60 Å². The van der Waals surface area contributed by atoms with Gasteiger partial charge in [0.1, 0.15) is 0 Å². The van der Waals surface area contributed by atoms with Crippen molar-refractivity contribution in [2.24, 2.45) is 7.05 Å². The van der Waals surface area contributed by atoms with E-state index >= 15 is 0 Å². The molecule has 2 saturated heterocycles. The molecule has 1 spiro atoms. The SMILES string of the molecule is COCC1(O)CCOC2(CCN(Cc3cc(C)nn3C)CC2)C1. The highest BCUT2D eigenvalue weighted by Gasteiger charge is 2.46. The van der Waals surface area contributed by atoms with Crippen LogP contribution in [0.4, 0.5) is 0 Å². The molecule has 23 heavy (non-hydrogen) atoms. The van der Waals surface area contributed by atoms with Gasteiger partial charge in [0, 0.05) is 46.6 Å². The zero-order valence-electron chi connectivity index (χ0n) is 14.5. The van der Waals surface area contributed by atoms with Crippen LogP contribution >= 0.6 is 0 Å². The van der Waals surface area contributed by atoms with Gasteiger partial charge in [-0.25, -0.2) is 0 Å². The fourth-order valence-electron chi connectivity index (χ4n) is 4.07. The summed E-state index contributed by atoms with van der Waals surface area (Å²) in [5.41, 5.74) is 1.41. The molecule has 0 bridgehead atoms. The lowest BCUT2D eigenvalue weighted by molar-refractivity contribution is -0.191. The molecular weight excluding hydrogens is 294 g/mol. The molecule has 3 heterocycles. The van der Waals surface area contributed by atoms with E-state index in [0.29, 0.717) is 26.1 Å². The predicted molar refractivity (Wildman–Crippen MR) is 87.2 cm³/mol. The van der Waals surface area contributed by atoms with E-state index in [1.807, 2.05) is 18.7 Å². The highest BCUT2D eigenvalue weighted by molar-refractivity contribution is 5.09. The van der Waals surface area contributed by atoms with E-state index in [4.69, 9.17) is 9.47 Å². The Labute approximate surface area is 138 Å². The molecule has 1 aromatic heterocycles. The number of likely N-dealkylation sites (tertiary alicyclic amines) is 1. The monoisotopic (exact) mass is 323 g/mol. The molecule has 3 rings (SSSR count). The van der Waals surface area contributed by atoms with E-state index in [2.05, 4.69) is 16.1 Å². The molecule has 2 aliphatic heterocycles. The zero-order chi connectivity index (χ0) is 16.5. The lowest BCUT2D eigenvalue weighted by Gasteiger charge is -2.49. The van der Waals surface area contributed by atoms with Gasteiger partial charge in [-0.1, -0.05) is 0 Å². The summed E-state index contributed by atoms with van der Waals surface area (Å²) < 4.78 is 13.3. The average molecular weight is 323 g/mol. The molecule has 1 unspecified atom stereocenters. The van der Waals surface area contributed by atoms with Crippen molar-refractivity contribution in [2.45, 2.75) is 50.4 Å². The maximum atomic E-state index is 10.7. The molecule has 0 amide bonds. The molecule has 1 atom stereocenters. The van der Waals surface area contributed by atoms with Crippen molar-refractivity contribution in [1.82, 2.24) is 14.7 Å². The molecule has 0 saturated carbocycles. The quantitative estimate of drug-likeness (QED) is 0.904. The van der Waals surface area contributed by atoms with Crippen molar-refractivity contribution in [1.29, 1.82) is 0 Å². The van der Waals surface area contributed by atoms with Gasteiger partial charge in [-0.2, -0.15) is 5.10 Å². The lowest BCUT2D eigenvalue weighted by atomic mass is 9.77. The lowest BCUT2D eigenvalue weighted by Crippen LogP contribution is -2.55. The van der Waals surface area contributed by atoms with Crippen LogP contribution in [0, 0.1) is 6.92 Å². The molecule has 2 aliphatic rings. The van der Waals surface area contributed by atoms with E-state index in [1.165, 1.54) is 5.69 Å². The Bertz CT molecular complexity index is 533. The number of aliphatic hydroxyl groups is 1. The summed E-state index contributed by atoms with van der Waals surface area (Å²) in [5.74, 6) is 0. The normalized spacial score (nSPS) is 28.3. The minimum absolute atomic E-state index is 0.176. The van der Waals surface area contributed by atoms with Crippen LogP contribution in [0.1, 0.15) is 37.1 Å². The Morgan fingerprint density at radius 1 is 1.35 bits per heavy atom. The number of rotatable bonds is 4. The standard InChI is InChI=1S/C17H29N3O3/c1-14-10-15(19(2)18-14)11-20-7-4-17(5-8-20)12-16(21,13-22-3)6-9-23-17/h10,21H,4-9,11-13H2,1-3H3. The average Bonchev–Trinajstić information content (AvgIpc) is 2.79. The van der Waals surface area contributed by atoms with E-state index in [9.17, 15) is 5.11 Å². The van der Waals surface area contributed by atoms with E-state index in [1.54, 1.807) is 7.11 Å². The molecule has 0 aliphatic carbocycles. The van der Waals surface area contributed by atoms with Gasteiger partial charge >= 0.3 is 0 Å². The maximum absolute atomic E-state index is 10.7. The van der Waals surface area contributed by atoms with Gasteiger partial charge in [-0.15, -0.1) is 0 Å². The van der Waals surface area contributed by atoms with Crippen molar-refractivity contribution in [3.8, 4) is 0 Å². The first-order valence-electron chi connectivity index (χ1n) is 8.51. The molecule has 2 fully saturated rings. The summed E-state index contributed by atoms with van der Waals surface area (Å²) in [6, 6.07) is 2.15. The van der Waals surface area contributed by atoms with Crippen molar-refractivity contribution < 1.29 is 14.6 Å². The third-order valence-corrected chi connectivity index (χ3v) is 5.29. The second-order valence-electron chi connectivity index (χ2n) is 7.29. The maximum Gasteiger partial charge on any atom is 0.0929 e. The first-order chi connectivity index (χ1) is 10.9. The molecule has 6 nitrogen and oxygen atoms in total. The zero-order valence-corrected chi connectivity index (χ0v) is 14.5. The van der Waals surface area contributed by atoms with E-state index < -0.39 is 5.60 Å². The third-order valence-electron chi connectivity index (χ3n) is 5.29. The fraction of sp³-hybridized carbons (Fsp3) is 0.824. The summed E-state index contributed by atoms with van der Waals surface area (Å²) in [7, 11) is 3.65. The summed E-state index contributed by atoms with van der Waals surface area (Å²) >= 11 is 0. The van der Waals surface area contributed by atoms with Gasteiger partial charge in [-0.05, 0) is 25.8 Å². The topological polar surface area (TPSA) is 59.8 Å². The van der Waals surface area contributed by atoms with Crippen LogP contribution in [0.3, 0.4) is 0 Å². The molecule has 6 heteroatoms. The van der Waals surface area contributed by atoms with E-state index in [0.717, 1.165) is 38.2 Å². The minimum Gasteiger partial charge on any atom is -0.387 e. The predicted octanol–water partition coefficient (Wildman–Crippen LogP) is 1.25. The summed E-state index contributed by atoms with van der Waals surface area (Å²) in [4.78, 5) is 2.45. The Morgan fingerprint density at radius 2 is 2.09 bits per heavy atom. The fourth-order valence-corrected chi connectivity index (χ4v) is 4.07. The summed E-state index contributed by atoms with van der Waals surface area (Å²) in [6.45, 7) is 5.97. The Morgan fingerprint density at radius 3 is 2.70 bits per heavy atom. The summed E-state index contributed by atoms with van der Waals surface area (Å²) in [6.07, 6.45) is 3.29. The number of hydrogen-bond donors (Lipinski definition) is 1. The number of hydrogen-bond acceptors (Lipinski definition) is 5. The molecule has 1 N–H and O–H groups in total. The van der Waals surface area contributed by atoms with Crippen molar-refractivity contribution >= 4 is 0 Å². The third kappa shape index (κ3) is 3.76. The number of aromatic nitrogens is 2. The Kier molecular flexibility index (Phi) is 4.78. The van der Waals surface area contributed by atoms with Crippen LogP contribution in [0.15, 0.2) is 6.07 Å². The molecule has 0 radical (unpaired) electrons. The van der Waals surface area contributed by atoms with Crippen LogP contribution < -0.4 is 0 Å². The number of piperidine rings is 1. The minimum atomic E-state index is -0.728. The van der Waals surface area contributed by atoms with Crippen LogP contribution in [0.5, 0.6) is 0 Å². The first kappa shape index (κ1) is 16.9. The highest BCUT2D eigenvalue weighted by atomic mass is 16.5. The number of methoxy groups -OCH3 is 1. The van der Waals surface area contributed by atoms with Crippen molar-refractivity contribution in [3.63, 3.8) is 0 Å². The van der Waals surface area contributed by atoms with Gasteiger partial charge in [-0.3, -0.25) is 9.58 Å². The highest BCUT2D eigenvalue weighted by Crippen LogP contribution is 2.39. The largest absolute Gasteiger partial charge is 0.387 e. The molecule has 1 aromatic rings. The van der Waals surface area contributed by atoms with Gasteiger partial charge in [0.05, 0.1) is 35.8 Å².